The topological polar surface area (TPSA) is 21.3 Å². The molecule has 1 atom stereocenters. The standard InChI is InChI=1S/C15H20BrNO/c16-12-4-3-5-13(10-12)17-11-14-6-9-15(18-14)7-1-2-8-15/h3-5,10,14,17H,1-2,6-9,11H2. The highest BCUT2D eigenvalue weighted by Gasteiger charge is 2.41. The van der Waals surface area contributed by atoms with E-state index < -0.39 is 0 Å². The number of nitrogens with one attached hydrogen (secondary N) is 1. The maximum atomic E-state index is 6.29. The van der Waals surface area contributed by atoms with E-state index in [-0.39, 0.29) is 5.60 Å². The van der Waals surface area contributed by atoms with Crippen LogP contribution in [0.4, 0.5) is 5.69 Å². The molecule has 2 fully saturated rings. The van der Waals surface area contributed by atoms with Gasteiger partial charge in [0.25, 0.3) is 0 Å². The van der Waals surface area contributed by atoms with Crippen molar-refractivity contribution in [2.45, 2.75) is 50.2 Å². The first-order chi connectivity index (χ1) is 8.76. The van der Waals surface area contributed by atoms with Crippen LogP contribution in [0.3, 0.4) is 0 Å². The van der Waals surface area contributed by atoms with Gasteiger partial charge in [-0.1, -0.05) is 34.8 Å². The van der Waals surface area contributed by atoms with Crippen molar-refractivity contribution in [2.24, 2.45) is 0 Å². The molecule has 0 bridgehead atoms. The van der Waals surface area contributed by atoms with Crippen molar-refractivity contribution in [1.82, 2.24) is 0 Å². The van der Waals surface area contributed by atoms with Crippen molar-refractivity contribution >= 4 is 21.6 Å². The van der Waals surface area contributed by atoms with E-state index in [1.54, 1.807) is 0 Å². The molecule has 1 unspecified atom stereocenters. The molecule has 0 radical (unpaired) electrons. The average Bonchev–Trinajstić information content (AvgIpc) is 2.98. The lowest BCUT2D eigenvalue weighted by Gasteiger charge is -2.24. The van der Waals surface area contributed by atoms with Gasteiger partial charge < -0.3 is 10.1 Å². The molecule has 3 rings (SSSR count). The molecule has 3 heteroatoms. The van der Waals surface area contributed by atoms with E-state index in [0.717, 1.165) is 11.0 Å². The van der Waals surface area contributed by atoms with Crippen molar-refractivity contribution in [2.75, 3.05) is 11.9 Å². The summed E-state index contributed by atoms with van der Waals surface area (Å²) in [6.07, 6.45) is 8.12. The predicted octanol–water partition coefficient (Wildman–Crippen LogP) is 4.35. The fourth-order valence-electron chi connectivity index (χ4n) is 3.26. The van der Waals surface area contributed by atoms with Crippen molar-refractivity contribution < 1.29 is 4.74 Å². The fourth-order valence-corrected chi connectivity index (χ4v) is 3.66. The summed E-state index contributed by atoms with van der Waals surface area (Å²) < 4.78 is 7.41. The second kappa shape index (κ2) is 5.22. The van der Waals surface area contributed by atoms with Gasteiger partial charge in [-0.3, -0.25) is 0 Å². The van der Waals surface area contributed by atoms with Crippen LogP contribution in [0.5, 0.6) is 0 Å². The minimum Gasteiger partial charge on any atom is -0.382 e. The third-order valence-electron chi connectivity index (χ3n) is 4.21. The van der Waals surface area contributed by atoms with Crippen LogP contribution in [-0.4, -0.2) is 18.2 Å². The second-order valence-corrected chi connectivity index (χ2v) is 6.48. The highest BCUT2D eigenvalue weighted by atomic mass is 79.9. The quantitative estimate of drug-likeness (QED) is 0.896. The monoisotopic (exact) mass is 309 g/mol. The number of rotatable bonds is 3. The number of halogens is 1. The molecule has 2 nitrogen and oxygen atoms in total. The van der Waals surface area contributed by atoms with Gasteiger partial charge in [0, 0.05) is 16.7 Å². The molecule has 1 aromatic carbocycles. The number of anilines is 1. The first-order valence-electron chi connectivity index (χ1n) is 6.93. The summed E-state index contributed by atoms with van der Waals surface area (Å²) in [5, 5.41) is 3.48. The molecule has 1 aliphatic carbocycles. The molecule has 1 N–H and O–H groups in total. The van der Waals surface area contributed by atoms with E-state index in [2.05, 4.69) is 39.4 Å². The summed E-state index contributed by atoms with van der Waals surface area (Å²) in [7, 11) is 0. The van der Waals surface area contributed by atoms with Gasteiger partial charge in [0.15, 0.2) is 0 Å². The normalized spacial score (nSPS) is 25.7. The van der Waals surface area contributed by atoms with Crippen LogP contribution in [0.2, 0.25) is 0 Å². The maximum absolute atomic E-state index is 6.29. The first-order valence-corrected chi connectivity index (χ1v) is 7.72. The summed E-state index contributed by atoms with van der Waals surface area (Å²) in [5.41, 5.74) is 1.42. The van der Waals surface area contributed by atoms with Gasteiger partial charge in [-0.2, -0.15) is 0 Å². The van der Waals surface area contributed by atoms with Crippen LogP contribution in [0.1, 0.15) is 38.5 Å². The van der Waals surface area contributed by atoms with Gasteiger partial charge in [0.1, 0.15) is 0 Å². The summed E-state index contributed by atoms with van der Waals surface area (Å²) in [4.78, 5) is 0. The van der Waals surface area contributed by atoms with Crippen molar-refractivity contribution in [1.29, 1.82) is 0 Å². The summed E-state index contributed by atoms with van der Waals surface area (Å²) >= 11 is 3.49. The number of benzene rings is 1. The summed E-state index contributed by atoms with van der Waals surface area (Å²) in [6.45, 7) is 0.929. The minimum atomic E-state index is 0.254. The van der Waals surface area contributed by atoms with Gasteiger partial charge in [0.05, 0.1) is 11.7 Å². The van der Waals surface area contributed by atoms with E-state index in [1.165, 1.54) is 44.2 Å². The lowest BCUT2D eigenvalue weighted by atomic mass is 9.98. The van der Waals surface area contributed by atoms with E-state index in [1.807, 2.05) is 6.07 Å². The Morgan fingerprint density at radius 2 is 2.11 bits per heavy atom. The van der Waals surface area contributed by atoms with Crippen molar-refractivity contribution in [3.8, 4) is 0 Å². The summed E-state index contributed by atoms with van der Waals surface area (Å²) in [6, 6.07) is 8.32. The largest absolute Gasteiger partial charge is 0.382 e. The molecule has 2 aliphatic rings. The average molecular weight is 310 g/mol. The zero-order chi connectivity index (χ0) is 12.4. The SMILES string of the molecule is Brc1cccc(NCC2CCC3(CCCC3)O2)c1. The van der Waals surface area contributed by atoms with Crippen LogP contribution in [0, 0.1) is 0 Å². The Balaban J connectivity index is 1.52. The van der Waals surface area contributed by atoms with Crippen LogP contribution in [0.25, 0.3) is 0 Å². The molecule has 98 valence electrons. The molecule has 1 saturated carbocycles. The third kappa shape index (κ3) is 2.72. The molecule has 1 spiro atoms. The molecule has 0 aromatic heterocycles. The molecule has 1 heterocycles. The molecule has 18 heavy (non-hydrogen) atoms. The molecule has 1 saturated heterocycles. The van der Waals surface area contributed by atoms with Gasteiger partial charge >= 0.3 is 0 Å². The Morgan fingerprint density at radius 1 is 1.28 bits per heavy atom. The smallest absolute Gasteiger partial charge is 0.0756 e. The maximum Gasteiger partial charge on any atom is 0.0756 e. The van der Waals surface area contributed by atoms with Gasteiger partial charge in [-0.25, -0.2) is 0 Å². The van der Waals surface area contributed by atoms with Crippen molar-refractivity contribution in [3.05, 3.63) is 28.7 Å². The summed E-state index contributed by atoms with van der Waals surface area (Å²) in [5.74, 6) is 0. The van der Waals surface area contributed by atoms with E-state index in [9.17, 15) is 0 Å². The van der Waals surface area contributed by atoms with E-state index in [4.69, 9.17) is 4.74 Å². The van der Waals surface area contributed by atoms with E-state index in [0.29, 0.717) is 6.10 Å². The zero-order valence-corrected chi connectivity index (χ0v) is 12.2. The van der Waals surface area contributed by atoms with Crippen LogP contribution < -0.4 is 5.32 Å². The Labute approximate surface area is 117 Å². The molecule has 1 aromatic rings. The third-order valence-corrected chi connectivity index (χ3v) is 4.71. The van der Waals surface area contributed by atoms with Gasteiger partial charge in [-0.15, -0.1) is 0 Å². The number of hydrogen-bond acceptors (Lipinski definition) is 2. The number of ether oxygens (including phenoxy) is 1. The van der Waals surface area contributed by atoms with Crippen molar-refractivity contribution in [3.63, 3.8) is 0 Å². The second-order valence-electron chi connectivity index (χ2n) is 5.56. The highest BCUT2D eigenvalue weighted by molar-refractivity contribution is 9.10. The lowest BCUT2D eigenvalue weighted by Crippen LogP contribution is -2.27. The Bertz CT molecular complexity index is 415. The zero-order valence-electron chi connectivity index (χ0n) is 10.6. The molecule has 1 aliphatic heterocycles. The predicted molar refractivity (Wildman–Crippen MR) is 77.9 cm³/mol. The van der Waals surface area contributed by atoms with Gasteiger partial charge in [0.2, 0.25) is 0 Å². The lowest BCUT2D eigenvalue weighted by molar-refractivity contribution is -0.0307. The number of hydrogen-bond donors (Lipinski definition) is 1. The highest BCUT2D eigenvalue weighted by Crippen LogP contribution is 2.43. The van der Waals surface area contributed by atoms with Gasteiger partial charge in [-0.05, 0) is 43.9 Å². The van der Waals surface area contributed by atoms with Crippen LogP contribution >= 0.6 is 15.9 Å². The Hall–Kier alpha value is -0.540. The fraction of sp³-hybridized carbons (Fsp3) is 0.600. The minimum absolute atomic E-state index is 0.254. The first kappa shape index (κ1) is 12.5. The Kier molecular flexibility index (Phi) is 3.62. The van der Waals surface area contributed by atoms with Crippen LogP contribution in [0.15, 0.2) is 28.7 Å². The molecule has 0 amide bonds. The van der Waals surface area contributed by atoms with E-state index >= 15 is 0 Å². The molecular weight excluding hydrogens is 290 g/mol. The Morgan fingerprint density at radius 3 is 2.89 bits per heavy atom. The van der Waals surface area contributed by atoms with Crippen LogP contribution in [-0.2, 0) is 4.74 Å². The molecular formula is C15H20BrNO.